The third kappa shape index (κ3) is 3.31. The molecule has 2 rings (SSSR count). The molecular formula is C19H32N2O. The zero-order valence-corrected chi connectivity index (χ0v) is 15.3. The van der Waals surface area contributed by atoms with Crippen LogP contribution in [0.4, 0.5) is 0 Å². The number of nitrogens with zero attached hydrogens (tertiary/aromatic N) is 2. The van der Waals surface area contributed by atoms with E-state index in [4.69, 9.17) is 4.74 Å². The molecule has 1 unspecified atom stereocenters. The van der Waals surface area contributed by atoms with Gasteiger partial charge in [0.1, 0.15) is 5.75 Å². The van der Waals surface area contributed by atoms with Gasteiger partial charge in [-0.3, -0.25) is 9.80 Å². The van der Waals surface area contributed by atoms with Gasteiger partial charge in [-0.25, -0.2) is 0 Å². The highest BCUT2D eigenvalue weighted by atomic mass is 16.5. The molecule has 3 heteroatoms. The molecule has 1 aliphatic rings. The Hall–Kier alpha value is -1.06. The number of ether oxygens (including phenoxy) is 1. The molecule has 0 amide bonds. The van der Waals surface area contributed by atoms with E-state index in [-0.39, 0.29) is 11.1 Å². The fourth-order valence-electron chi connectivity index (χ4n) is 3.46. The van der Waals surface area contributed by atoms with Crippen LogP contribution in [0.15, 0.2) is 24.3 Å². The van der Waals surface area contributed by atoms with Crippen molar-refractivity contribution in [2.45, 2.75) is 58.2 Å². The lowest BCUT2D eigenvalue weighted by Crippen LogP contribution is -2.48. The SMILES string of the molecule is COc1ccccc1C(C)(C)N(C)C1CCN(C(C)(C)C)C1. The Labute approximate surface area is 136 Å². The third-order valence-corrected chi connectivity index (χ3v) is 5.31. The number of benzene rings is 1. The van der Waals surface area contributed by atoms with Gasteiger partial charge in [-0.2, -0.15) is 0 Å². The van der Waals surface area contributed by atoms with E-state index in [2.05, 4.69) is 69.7 Å². The van der Waals surface area contributed by atoms with Crippen LogP contribution in [-0.4, -0.2) is 48.6 Å². The molecule has 1 aliphatic heterocycles. The number of likely N-dealkylation sites (tertiary alicyclic amines) is 1. The lowest BCUT2D eigenvalue weighted by Gasteiger charge is -2.41. The molecule has 124 valence electrons. The first kappa shape index (κ1) is 17.3. The van der Waals surface area contributed by atoms with Crippen molar-refractivity contribution in [2.24, 2.45) is 0 Å². The van der Waals surface area contributed by atoms with E-state index in [0.717, 1.165) is 12.3 Å². The Bertz CT molecular complexity index is 504. The minimum Gasteiger partial charge on any atom is -0.496 e. The maximum Gasteiger partial charge on any atom is 0.123 e. The average Bonchev–Trinajstić information content (AvgIpc) is 2.96. The Morgan fingerprint density at radius 1 is 1.14 bits per heavy atom. The summed E-state index contributed by atoms with van der Waals surface area (Å²) in [7, 11) is 4.01. The van der Waals surface area contributed by atoms with Crippen molar-refractivity contribution in [3.8, 4) is 5.75 Å². The summed E-state index contributed by atoms with van der Waals surface area (Å²) in [4.78, 5) is 5.11. The Morgan fingerprint density at radius 2 is 1.77 bits per heavy atom. The lowest BCUT2D eigenvalue weighted by molar-refractivity contribution is 0.0871. The van der Waals surface area contributed by atoms with Crippen molar-refractivity contribution < 1.29 is 4.74 Å². The molecule has 0 spiro atoms. The second kappa shape index (κ2) is 6.21. The molecule has 22 heavy (non-hydrogen) atoms. The first-order valence-electron chi connectivity index (χ1n) is 8.29. The van der Waals surface area contributed by atoms with Gasteiger partial charge in [0.25, 0.3) is 0 Å². The maximum absolute atomic E-state index is 5.58. The van der Waals surface area contributed by atoms with Crippen molar-refractivity contribution in [1.82, 2.24) is 9.80 Å². The van der Waals surface area contributed by atoms with Crippen LogP contribution in [0.3, 0.4) is 0 Å². The maximum atomic E-state index is 5.58. The summed E-state index contributed by atoms with van der Waals surface area (Å²) in [5.74, 6) is 0.977. The van der Waals surface area contributed by atoms with E-state index in [1.807, 2.05) is 6.07 Å². The monoisotopic (exact) mass is 304 g/mol. The molecule has 0 aromatic heterocycles. The molecule has 0 N–H and O–H groups in total. The minimum absolute atomic E-state index is 0.0504. The molecule has 0 radical (unpaired) electrons. The molecule has 1 saturated heterocycles. The van der Waals surface area contributed by atoms with Gasteiger partial charge >= 0.3 is 0 Å². The van der Waals surface area contributed by atoms with Crippen LogP contribution in [0.5, 0.6) is 5.75 Å². The van der Waals surface area contributed by atoms with E-state index in [9.17, 15) is 0 Å². The Kier molecular flexibility index (Phi) is 4.88. The Morgan fingerprint density at radius 3 is 2.32 bits per heavy atom. The zero-order valence-electron chi connectivity index (χ0n) is 15.3. The lowest BCUT2D eigenvalue weighted by atomic mass is 9.90. The molecule has 0 aliphatic carbocycles. The van der Waals surface area contributed by atoms with Crippen molar-refractivity contribution >= 4 is 0 Å². The van der Waals surface area contributed by atoms with Crippen molar-refractivity contribution in [1.29, 1.82) is 0 Å². The van der Waals surface area contributed by atoms with E-state index in [1.165, 1.54) is 18.5 Å². The first-order chi connectivity index (χ1) is 10.2. The summed E-state index contributed by atoms with van der Waals surface area (Å²) in [6.45, 7) is 13.8. The average molecular weight is 304 g/mol. The topological polar surface area (TPSA) is 15.7 Å². The van der Waals surface area contributed by atoms with E-state index in [1.54, 1.807) is 7.11 Å². The minimum atomic E-state index is -0.0504. The van der Waals surface area contributed by atoms with Crippen LogP contribution in [0, 0.1) is 0 Å². The predicted octanol–water partition coefficient (Wildman–Crippen LogP) is 3.73. The van der Waals surface area contributed by atoms with Crippen molar-refractivity contribution in [2.75, 3.05) is 27.2 Å². The highest BCUT2D eigenvalue weighted by molar-refractivity contribution is 5.38. The number of likely N-dealkylation sites (N-methyl/N-ethyl adjacent to an activating group) is 1. The standard InChI is InChI=1S/C19H32N2O/c1-18(2,3)21-13-12-15(14-21)20(6)19(4,5)16-10-8-9-11-17(16)22-7/h8-11,15H,12-14H2,1-7H3. The number of rotatable bonds is 4. The molecule has 3 nitrogen and oxygen atoms in total. The summed E-state index contributed by atoms with van der Waals surface area (Å²) >= 11 is 0. The van der Waals surface area contributed by atoms with Gasteiger partial charge in [0, 0.05) is 35.8 Å². The first-order valence-corrected chi connectivity index (χ1v) is 8.29. The van der Waals surface area contributed by atoms with Gasteiger partial charge in [-0.15, -0.1) is 0 Å². The largest absolute Gasteiger partial charge is 0.496 e. The predicted molar refractivity (Wildman–Crippen MR) is 93.5 cm³/mol. The quantitative estimate of drug-likeness (QED) is 0.843. The fraction of sp³-hybridized carbons (Fsp3) is 0.684. The van der Waals surface area contributed by atoms with Crippen LogP contribution in [0.1, 0.15) is 46.6 Å². The molecule has 1 aromatic rings. The summed E-state index contributed by atoms with van der Waals surface area (Å²) in [6.07, 6.45) is 1.23. The van der Waals surface area contributed by atoms with Gasteiger partial charge in [-0.05, 0) is 54.2 Å². The second-order valence-corrected chi connectivity index (χ2v) is 7.93. The highest BCUT2D eigenvalue weighted by Gasteiger charge is 2.38. The third-order valence-electron chi connectivity index (χ3n) is 5.31. The van der Waals surface area contributed by atoms with Crippen molar-refractivity contribution in [3.05, 3.63) is 29.8 Å². The van der Waals surface area contributed by atoms with E-state index in [0.29, 0.717) is 6.04 Å². The molecule has 0 bridgehead atoms. The van der Waals surface area contributed by atoms with Gasteiger partial charge in [-0.1, -0.05) is 18.2 Å². The van der Waals surface area contributed by atoms with Gasteiger partial charge < -0.3 is 4.74 Å². The number of methoxy groups -OCH3 is 1. The molecule has 1 fully saturated rings. The van der Waals surface area contributed by atoms with Gasteiger partial charge in [0.15, 0.2) is 0 Å². The van der Waals surface area contributed by atoms with Crippen molar-refractivity contribution in [3.63, 3.8) is 0 Å². The molecule has 1 heterocycles. The normalized spacial score (nSPS) is 20.6. The van der Waals surface area contributed by atoms with Gasteiger partial charge in [0.05, 0.1) is 7.11 Å². The summed E-state index contributed by atoms with van der Waals surface area (Å²) in [6, 6.07) is 8.96. The molecular weight excluding hydrogens is 272 g/mol. The zero-order chi connectivity index (χ0) is 16.5. The number of hydrogen-bond acceptors (Lipinski definition) is 3. The van der Waals surface area contributed by atoms with Crippen LogP contribution in [0.2, 0.25) is 0 Å². The highest BCUT2D eigenvalue weighted by Crippen LogP contribution is 2.36. The summed E-state index contributed by atoms with van der Waals surface area (Å²) < 4.78 is 5.58. The van der Waals surface area contributed by atoms with Crippen LogP contribution < -0.4 is 4.74 Å². The van der Waals surface area contributed by atoms with E-state index >= 15 is 0 Å². The summed E-state index contributed by atoms with van der Waals surface area (Å²) in [5.41, 5.74) is 1.46. The van der Waals surface area contributed by atoms with Gasteiger partial charge in [0.2, 0.25) is 0 Å². The van der Waals surface area contributed by atoms with Crippen LogP contribution in [0.25, 0.3) is 0 Å². The fourth-order valence-corrected chi connectivity index (χ4v) is 3.46. The van der Waals surface area contributed by atoms with E-state index < -0.39 is 0 Å². The second-order valence-electron chi connectivity index (χ2n) is 7.93. The summed E-state index contributed by atoms with van der Waals surface area (Å²) in [5, 5.41) is 0. The molecule has 1 atom stereocenters. The van der Waals surface area contributed by atoms with Crippen LogP contribution >= 0.6 is 0 Å². The molecule has 1 aromatic carbocycles. The number of para-hydroxylation sites is 1. The smallest absolute Gasteiger partial charge is 0.123 e. The number of hydrogen-bond donors (Lipinski definition) is 0. The molecule has 0 saturated carbocycles. The van der Waals surface area contributed by atoms with Crippen LogP contribution in [-0.2, 0) is 5.54 Å². The Balaban J connectivity index is 2.19.